The van der Waals surface area contributed by atoms with Gasteiger partial charge in [-0.3, -0.25) is 4.79 Å². The van der Waals surface area contributed by atoms with Crippen molar-refractivity contribution in [3.63, 3.8) is 0 Å². The van der Waals surface area contributed by atoms with Crippen LogP contribution < -0.4 is 0 Å². The second-order valence-corrected chi connectivity index (χ2v) is 5.03. The molecule has 1 aromatic rings. The number of nitriles is 1. The second kappa shape index (κ2) is 5.15. The van der Waals surface area contributed by atoms with E-state index in [1.165, 1.54) is 16.2 Å². The number of hydrogen-bond acceptors (Lipinski definition) is 3. The third-order valence-electron chi connectivity index (χ3n) is 1.90. The maximum absolute atomic E-state index is 11.8. The third kappa shape index (κ3) is 3.22. The summed E-state index contributed by atoms with van der Waals surface area (Å²) in [6.07, 6.45) is 0. The predicted molar refractivity (Wildman–Crippen MR) is 61.1 cm³/mol. The Morgan fingerprint density at radius 2 is 2.40 bits per heavy atom. The van der Waals surface area contributed by atoms with Gasteiger partial charge in [0.2, 0.25) is 0 Å². The lowest BCUT2D eigenvalue weighted by atomic mass is 10.2. The van der Waals surface area contributed by atoms with Crippen molar-refractivity contribution in [3.05, 3.63) is 21.3 Å². The summed E-state index contributed by atoms with van der Waals surface area (Å²) >= 11 is 6.99. The fourth-order valence-corrected chi connectivity index (χ4v) is 2.19. The molecule has 0 radical (unpaired) electrons. The molecule has 15 heavy (non-hydrogen) atoms. The van der Waals surface area contributed by atoms with Crippen LogP contribution in [0.15, 0.2) is 12.1 Å². The summed E-state index contributed by atoms with van der Waals surface area (Å²) in [7, 11) is 1.68. The molecule has 0 bridgehead atoms. The summed E-state index contributed by atoms with van der Waals surface area (Å²) in [6.45, 7) is 2.22. The monoisotopic (exact) mass is 242 g/mol. The minimum absolute atomic E-state index is 0.0889. The predicted octanol–water partition coefficient (Wildman–Crippen LogP) is 2.63. The van der Waals surface area contributed by atoms with E-state index in [0.717, 1.165) is 0 Å². The molecule has 1 amide bonds. The summed E-state index contributed by atoms with van der Waals surface area (Å²) < 4.78 is 0.597. The number of thiophene rings is 1. The van der Waals surface area contributed by atoms with Crippen LogP contribution in [-0.2, 0) is 0 Å². The number of hydrogen-bond donors (Lipinski definition) is 0. The number of carbonyl (C=O) groups excluding carboxylic acids is 1. The number of carbonyl (C=O) groups is 1. The van der Waals surface area contributed by atoms with Crippen molar-refractivity contribution in [2.75, 3.05) is 13.6 Å². The van der Waals surface area contributed by atoms with E-state index in [1.807, 2.05) is 0 Å². The van der Waals surface area contributed by atoms with Crippen LogP contribution in [0.4, 0.5) is 0 Å². The highest BCUT2D eigenvalue weighted by Gasteiger charge is 2.15. The third-order valence-corrected chi connectivity index (χ3v) is 3.12. The molecule has 0 spiro atoms. The fourth-order valence-electron chi connectivity index (χ4n) is 1.15. The highest BCUT2D eigenvalue weighted by molar-refractivity contribution is 7.17. The Kier molecular flexibility index (Phi) is 4.13. The molecule has 0 N–H and O–H groups in total. The molecule has 0 aliphatic carbocycles. The zero-order chi connectivity index (χ0) is 11.4. The van der Waals surface area contributed by atoms with Gasteiger partial charge in [0, 0.05) is 13.6 Å². The molecule has 3 nitrogen and oxygen atoms in total. The zero-order valence-corrected chi connectivity index (χ0v) is 10.1. The minimum atomic E-state index is -0.158. The average Bonchev–Trinajstić information content (AvgIpc) is 2.63. The zero-order valence-electron chi connectivity index (χ0n) is 8.53. The lowest BCUT2D eigenvalue weighted by Crippen LogP contribution is -2.30. The van der Waals surface area contributed by atoms with E-state index in [1.54, 1.807) is 26.1 Å². The van der Waals surface area contributed by atoms with E-state index in [2.05, 4.69) is 6.07 Å². The van der Waals surface area contributed by atoms with Gasteiger partial charge in [0.05, 0.1) is 21.2 Å². The standard InChI is InChI=1S/C10H11ClN2OS/c1-7(5-12)6-13(2)10(14)8-3-4-9(11)15-8/h3-4,7H,6H2,1-2H3. The second-order valence-electron chi connectivity index (χ2n) is 3.32. The molecule has 1 unspecified atom stereocenters. The van der Waals surface area contributed by atoms with Crippen LogP contribution in [-0.4, -0.2) is 24.4 Å². The van der Waals surface area contributed by atoms with E-state index in [9.17, 15) is 4.79 Å². The Balaban J connectivity index is 2.65. The largest absolute Gasteiger partial charge is 0.340 e. The number of rotatable bonds is 3. The summed E-state index contributed by atoms with van der Waals surface area (Å²) in [4.78, 5) is 13.9. The van der Waals surface area contributed by atoms with E-state index >= 15 is 0 Å². The van der Waals surface area contributed by atoms with Gasteiger partial charge in [-0.25, -0.2) is 0 Å². The molecule has 0 aromatic carbocycles. The van der Waals surface area contributed by atoms with Crippen LogP contribution in [0.1, 0.15) is 16.6 Å². The van der Waals surface area contributed by atoms with Crippen LogP contribution in [0.5, 0.6) is 0 Å². The van der Waals surface area contributed by atoms with Crippen molar-refractivity contribution >= 4 is 28.8 Å². The average molecular weight is 243 g/mol. The minimum Gasteiger partial charge on any atom is -0.340 e. The molecule has 80 valence electrons. The quantitative estimate of drug-likeness (QED) is 0.818. The van der Waals surface area contributed by atoms with E-state index in [4.69, 9.17) is 16.9 Å². The highest BCUT2D eigenvalue weighted by Crippen LogP contribution is 2.22. The Morgan fingerprint density at radius 3 is 2.87 bits per heavy atom. The molecule has 1 atom stereocenters. The lowest BCUT2D eigenvalue weighted by Gasteiger charge is -2.16. The van der Waals surface area contributed by atoms with Crippen LogP contribution in [0.25, 0.3) is 0 Å². The Morgan fingerprint density at radius 1 is 1.73 bits per heavy atom. The molecule has 0 aliphatic rings. The number of nitrogens with zero attached hydrogens (tertiary/aromatic N) is 2. The van der Waals surface area contributed by atoms with Gasteiger partial charge < -0.3 is 4.90 Å². The van der Waals surface area contributed by atoms with Gasteiger partial charge in [0.1, 0.15) is 0 Å². The first kappa shape index (κ1) is 12.0. The Hall–Kier alpha value is -1.05. The van der Waals surface area contributed by atoms with Crippen LogP contribution >= 0.6 is 22.9 Å². The topological polar surface area (TPSA) is 44.1 Å². The van der Waals surface area contributed by atoms with Crippen LogP contribution in [0, 0.1) is 17.2 Å². The summed E-state index contributed by atoms with van der Waals surface area (Å²) in [5, 5.41) is 8.63. The van der Waals surface area contributed by atoms with Crippen LogP contribution in [0.3, 0.4) is 0 Å². The maximum atomic E-state index is 11.8. The summed E-state index contributed by atoms with van der Waals surface area (Å²) in [6, 6.07) is 5.48. The van der Waals surface area contributed by atoms with Crippen molar-refractivity contribution in [1.29, 1.82) is 5.26 Å². The van der Waals surface area contributed by atoms with Crippen LogP contribution in [0.2, 0.25) is 4.34 Å². The first-order valence-corrected chi connectivity index (χ1v) is 5.64. The molecule has 1 rings (SSSR count). The number of amides is 1. The smallest absolute Gasteiger partial charge is 0.263 e. The molecular weight excluding hydrogens is 232 g/mol. The van der Waals surface area contributed by atoms with Gasteiger partial charge in [-0.2, -0.15) is 5.26 Å². The Labute approximate surface area is 97.9 Å². The SMILES string of the molecule is CC(C#N)CN(C)C(=O)c1ccc(Cl)s1. The molecular formula is C10H11ClN2OS. The van der Waals surface area contributed by atoms with E-state index in [-0.39, 0.29) is 11.8 Å². The normalized spacial score (nSPS) is 11.9. The van der Waals surface area contributed by atoms with E-state index < -0.39 is 0 Å². The molecule has 1 heterocycles. The van der Waals surface area contributed by atoms with Gasteiger partial charge >= 0.3 is 0 Å². The van der Waals surface area contributed by atoms with Crippen molar-refractivity contribution in [1.82, 2.24) is 4.90 Å². The van der Waals surface area contributed by atoms with E-state index in [0.29, 0.717) is 15.8 Å². The van der Waals surface area contributed by atoms with Gasteiger partial charge in [-0.15, -0.1) is 11.3 Å². The maximum Gasteiger partial charge on any atom is 0.263 e. The molecule has 0 aliphatic heterocycles. The molecule has 0 saturated heterocycles. The fraction of sp³-hybridized carbons (Fsp3) is 0.400. The molecule has 0 fully saturated rings. The molecule has 0 saturated carbocycles. The van der Waals surface area contributed by atoms with Gasteiger partial charge in [-0.05, 0) is 19.1 Å². The molecule has 5 heteroatoms. The first-order chi connectivity index (χ1) is 7.04. The summed E-state index contributed by atoms with van der Waals surface area (Å²) in [5.74, 6) is -0.247. The number of halogens is 1. The van der Waals surface area contributed by atoms with Crippen molar-refractivity contribution in [2.24, 2.45) is 5.92 Å². The van der Waals surface area contributed by atoms with Crippen molar-refractivity contribution < 1.29 is 4.79 Å². The van der Waals surface area contributed by atoms with Gasteiger partial charge in [-0.1, -0.05) is 11.6 Å². The highest BCUT2D eigenvalue weighted by atomic mass is 35.5. The van der Waals surface area contributed by atoms with Crippen molar-refractivity contribution in [2.45, 2.75) is 6.92 Å². The van der Waals surface area contributed by atoms with Gasteiger partial charge in [0.15, 0.2) is 0 Å². The van der Waals surface area contributed by atoms with Gasteiger partial charge in [0.25, 0.3) is 5.91 Å². The first-order valence-electron chi connectivity index (χ1n) is 4.45. The molecule has 1 aromatic heterocycles. The van der Waals surface area contributed by atoms with Crippen molar-refractivity contribution in [3.8, 4) is 6.07 Å². The Bertz CT molecular complexity index is 396. The lowest BCUT2D eigenvalue weighted by molar-refractivity contribution is 0.0790. The summed E-state index contributed by atoms with van der Waals surface area (Å²) in [5.41, 5.74) is 0.